The molecule has 4 heteroatoms. The van der Waals surface area contributed by atoms with Gasteiger partial charge in [-0.15, -0.1) is 0 Å². The van der Waals surface area contributed by atoms with Crippen LogP contribution in [0, 0.1) is 0 Å². The Labute approximate surface area is 95.9 Å². The lowest BCUT2D eigenvalue weighted by Crippen LogP contribution is -2.30. The van der Waals surface area contributed by atoms with Crippen LogP contribution < -0.4 is 10.5 Å². The van der Waals surface area contributed by atoms with Crippen LogP contribution in [0.4, 0.5) is 0 Å². The van der Waals surface area contributed by atoms with Crippen molar-refractivity contribution in [2.24, 2.45) is 5.73 Å². The molecule has 0 radical (unpaired) electrons. The predicted molar refractivity (Wildman–Crippen MR) is 62.1 cm³/mol. The maximum atomic E-state index is 5.81. The third-order valence-electron chi connectivity index (χ3n) is 2.83. The van der Waals surface area contributed by atoms with E-state index in [9.17, 15) is 0 Å². The molecule has 1 aliphatic heterocycles. The number of ether oxygens (including phenoxy) is 1. The molecule has 2 N–H and O–H groups in total. The molecule has 1 unspecified atom stereocenters. The van der Waals surface area contributed by atoms with Gasteiger partial charge in [0, 0.05) is 13.1 Å². The van der Waals surface area contributed by atoms with Crippen LogP contribution in [0.15, 0.2) is 24.3 Å². The zero-order chi connectivity index (χ0) is 11.4. The van der Waals surface area contributed by atoms with Crippen molar-refractivity contribution < 1.29 is 9.57 Å². The van der Waals surface area contributed by atoms with Crippen LogP contribution in [-0.2, 0) is 4.84 Å². The maximum Gasteiger partial charge on any atom is 0.119 e. The van der Waals surface area contributed by atoms with Crippen LogP contribution in [-0.4, -0.2) is 31.9 Å². The van der Waals surface area contributed by atoms with Crippen LogP contribution in [0.1, 0.15) is 18.0 Å². The summed E-state index contributed by atoms with van der Waals surface area (Å²) in [6.45, 7) is 2.28. The Morgan fingerprint density at radius 2 is 2.44 bits per heavy atom. The first kappa shape index (κ1) is 11.4. The molecule has 0 spiro atoms. The molecule has 16 heavy (non-hydrogen) atoms. The third kappa shape index (κ3) is 2.35. The highest BCUT2D eigenvalue weighted by atomic mass is 16.7. The molecule has 0 saturated carbocycles. The Morgan fingerprint density at radius 1 is 1.56 bits per heavy atom. The first-order valence-electron chi connectivity index (χ1n) is 5.58. The Morgan fingerprint density at radius 3 is 3.06 bits per heavy atom. The minimum Gasteiger partial charge on any atom is -0.497 e. The normalized spacial score (nSPS) is 18.6. The van der Waals surface area contributed by atoms with E-state index in [2.05, 4.69) is 6.07 Å². The summed E-state index contributed by atoms with van der Waals surface area (Å²) in [7, 11) is 1.67. The van der Waals surface area contributed by atoms with Crippen LogP contribution in [0.3, 0.4) is 0 Å². The molecule has 4 nitrogen and oxygen atoms in total. The summed E-state index contributed by atoms with van der Waals surface area (Å²) in [5.74, 6) is 0.857. The smallest absolute Gasteiger partial charge is 0.119 e. The van der Waals surface area contributed by atoms with Crippen LogP contribution >= 0.6 is 0 Å². The number of hydrogen-bond acceptors (Lipinski definition) is 4. The highest BCUT2D eigenvalue weighted by molar-refractivity contribution is 5.30. The van der Waals surface area contributed by atoms with Crippen LogP contribution in [0.5, 0.6) is 5.75 Å². The monoisotopic (exact) mass is 222 g/mol. The van der Waals surface area contributed by atoms with Crippen molar-refractivity contribution in [1.82, 2.24) is 5.06 Å². The van der Waals surface area contributed by atoms with E-state index in [-0.39, 0.29) is 6.04 Å². The van der Waals surface area contributed by atoms with Crippen molar-refractivity contribution in [2.75, 3.05) is 26.8 Å². The van der Waals surface area contributed by atoms with Gasteiger partial charge >= 0.3 is 0 Å². The zero-order valence-electron chi connectivity index (χ0n) is 9.56. The van der Waals surface area contributed by atoms with Crippen molar-refractivity contribution in [3.63, 3.8) is 0 Å². The second-order valence-electron chi connectivity index (χ2n) is 3.86. The van der Waals surface area contributed by atoms with E-state index >= 15 is 0 Å². The van der Waals surface area contributed by atoms with Gasteiger partial charge in [-0.3, -0.25) is 4.84 Å². The number of benzene rings is 1. The molecule has 1 fully saturated rings. The van der Waals surface area contributed by atoms with Crippen LogP contribution in [0.2, 0.25) is 0 Å². The van der Waals surface area contributed by atoms with E-state index in [0.29, 0.717) is 6.54 Å². The number of hydrogen-bond donors (Lipinski definition) is 1. The third-order valence-corrected chi connectivity index (χ3v) is 2.83. The molecule has 0 aromatic heterocycles. The molecular weight excluding hydrogens is 204 g/mol. The fraction of sp³-hybridized carbons (Fsp3) is 0.500. The first-order valence-corrected chi connectivity index (χ1v) is 5.58. The van der Waals surface area contributed by atoms with E-state index in [4.69, 9.17) is 15.3 Å². The summed E-state index contributed by atoms with van der Waals surface area (Å²) in [6.07, 6.45) is 1.07. The number of nitrogens with two attached hydrogens (primary N) is 1. The Kier molecular flexibility index (Phi) is 3.77. The molecule has 1 aromatic rings. The molecule has 1 heterocycles. The maximum absolute atomic E-state index is 5.81. The standard InChI is InChI=1S/C12H18N2O2/c1-15-11-5-2-4-10(8-11)12(9-13)14-6-3-7-16-14/h2,4-5,8,12H,3,6-7,9,13H2,1H3. The van der Waals surface area contributed by atoms with Crippen molar-refractivity contribution in [2.45, 2.75) is 12.5 Å². The molecule has 0 bridgehead atoms. The van der Waals surface area contributed by atoms with Crippen molar-refractivity contribution >= 4 is 0 Å². The molecule has 1 saturated heterocycles. The number of methoxy groups -OCH3 is 1. The van der Waals surface area contributed by atoms with Gasteiger partial charge in [-0.1, -0.05) is 12.1 Å². The van der Waals surface area contributed by atoms with Gasteiger partial charge < -0.3 is 10.5 Å². The fourth-order valence-corrected chi connectivity index (χ4v) is 1.98. The fourth-order valence-electron chi connectivity index (χ4n) is 1.98. The molecule has 0 amide bonds. The van der Waals surface area contributed by atoms with Gasteiger partial charge in [0.2, 0.25) is 0 Å². The van der Waals surface area contributed by atoms with E-state index in [1.807, 2.05) is 23.3 Å². The lowest BCUT2D eigenvalue weighted by molar-refractivity contribution is -0.140. The average Bonchev–Trinajstić information content (AvgIpc) is 2.84. The second kappa shape index (κ2) is 5.30. The first-order chi connectivity index (χ1) is 7.85. The van der Waals surface area contributed by atoms with Gasteiger partial charge in [0.15, 0.2) is 0 Å². The molecule has 0 aliphatic carbocycles. The second-order valence-corrected chi connectivity index (χ2v) is 3.86. The Balaban J connectivity index is 2.18. The van der Waals surface area contributed by atoms with Gasteiger partial charge in [-0.05, 0) is 24.1 Å². The summed E-state index contributed by atoms with van der Waals surface area (Å²) >= 11 is 0. The zero-order valence-corrected chi connectivity index (χ0v) is 9.56. The van der Waals surface area contributed by atoms with Gasteiger partial charge in [-0.25, -0.2) is 0 Å². The van der Waals surface area contributed by atoms with E-state index < -0.39 is 0 Å². The van der Waals surface area contributed by atoms with Crippen molar-refractivity contribution in [1.29, 1.82) is 0 Å². The summed E-state index contributed by atoms with van der Waals surface area (Å²) in [6, 6.07) is 8.10. The van der Waals surface area contributed by atoms with E-state index in [1.54, 1.807) is 7.11 Å². The SMILES string of the molecule is COc1cccc(C(CN)N2CCCO2)c1. The summed E-state index contributed by atoms with van der Waals surface area (Å²) in [5.41, 5.74) is 6.96. The topological polar surface area (TPSA) is 47.7 Å². The minimum absolute atomic E-state index is 0.123. The predicted octanol–water partition coefficient (Wildman–Crippen LogP) is 1.33. The van der Waals surface area contributed by atoms with Gasteiger partial charge in [-0.2, -0.15) is 5.06 Å². The highest BCUT2D eigenvalue weighted by Gasteiger charge is 2.23. The molecule has 1 aromatic carbocycles. The summed E-state index contributed by atoms with van der Waals surface area (Å²) in [4.78, 5) is 5.55. The largest absolute Gasteiger partial charge is 0.497 e. The summed E-state index contributed by atoms with van der Waals surface area (Å²) in [5, 5.41) is 1.97. The lowest BCUT2D eigenvalue weighted by atomic mass is 10.1. The van der Waals surface area contributed by atoms with Gasteiger partial charge in [0.05, 0.1) is 19.8 Å². The lowest BCUT2D eigenvalue weighted by Gasteiger charge is -2.25. The van der Waals surface area contributed by atoms with Crippen LogP contribution in [0.25, 0.3) is 0 Å². The summed E-state index contributed by atoms with van der Waals surface area (Å²) < 4.78 is 5.21. The molecule has 2 rings (SSSR count). The average molecular weight is 222 g/mol. The highest BCUT2D eigenvalue weighted by Crippen LogP contribution is 2.25. The number of nitrogens with zero attached hydrogens (tertiary/aromatic N) is 1. The number of hydroxylamine groups is 2. The Hall–Kier alpha value is -1.10. The van der Waals surface area contributed by atoms with E-state index in [0.717, 1.165) is 30.9 Å². The Bertz CT molecular complexity index is 338. The van der Waals surface area contributed by atoms with Crippen molar-refractivity contribution in [3.05, 3.63) is 29.8 Å². The van der Waals surface area contributed by atoms with E-state index in [1.165, 1.54) is 0 Å². The molecule has 88 valence electrons. The molecule has 1 aliphatic rings. The molecular formula is C12H18N2O2. The molecule has 1 atom stereocenters. The van der Waals surface area contributed by atoms with Gasteiger partial charge in [0.1, 0.15) is 5.75 Å². The minimum atomic E-state index is 0.123. The van der Waals surface area contributed by atoms with Gasteiger partial charge in [0.25, 0.3) is 0 Å². The van der Waals surface area contributed by atoms with Crippen molar-refractivity contribution in [3.8, 4) is 5.75 Å². The number of rotatable bonds is 4. The quantitative estimate of drug-likeness (QED) is 0.835.